The number of hydrogen-bond donors (Lipinski definition) is 1. The lowest BCUT2D eigenvalue weighted by Gasteiger charge is -2.23. The van der Waals surface area contributed by atoms with Gasteiger partial charge in [0.05, 0.1) is 5.56 Å². The Bertz CT molecular complexity index is 479. The van der Waals surface area contributed by atoms with Gasteiger partial charge >= 0.3 is 0 Å². The summed E-state index contributed by atoms with van der Waals surface area (Å²) < 4.78 is 2.20. The zero-order chi connectivity index (χ0) is 12.7. The van der Waals surface area contributed by atoms with E-state index < -0.39 is 0 Å². The SMILES string of the molecule is Cc1c(C#N)c(N)n(C2CCC(C)C2C)c1C. The maximum absolute atomic E-state index is 9.15. The summed E-state index contributed by atoms with van der Waals surface area (Å²) in [6.07, 6.45) is 2.43. The summed E-state index contributed by atoms with van der Waals surface area (Å²) >= 11 is 0. The minimum absolute atomic E-state index is 0.464. The standard InChI is InChI=1S/C14H21N3/c1-8-5-6-13(9(8)2)17-11(4)10(3)12(7-15)14(17)16/h8-9,13H,5-6,16H2,1-4H3. The van der Waals surface area contributed by atoms with Crippen molar-refractivity contribution in [1.82, 2.24) is 4.57 Å². The number of nitrogen functional groups attached to an aromatic ring is 1. The van der Waals surface area contributed by atoms with Crippen molar-refractivity contribution in [3.8, 4) is 6.07 Å². The number of anilines is 1. The lowest BCUT2D eigenvalue weighted by molar-refractivity contribution is 0.352. The molecule has 92 valence electrons. The van der Waals surface area contributed by atoms with E-state index in [9.17, 15) is 0 Å². The Balaban J connectivity index is 2.51. The van der Waals surface area contributed by atoms with E-state index in [-0.39, 0.29) is 0 Å². The van der Waals surface area contributed by atoms with Crippen LogP contribution in [0.25, 0.3) is 0 Å². The molecule has 0 aliphatic heterocycles. The Morgan fingerprint density at radius 3 is 2.35 bits per heavy atom. The van der Waals surface area contributed by atoms with Gasteiger partial charge in [-0.15, -0.1) is 0 Å². The molecule has 0 amide bonds. The Labute approximate surface area is 103 Å². The second kappa shape index (κ2) is 4.10. The minimum atomic E-state index is 0.464. The second-order valence-corrected chi connectivity index (χ2v) is 5.43. The predicted molar refractivity (Wildman–Crippen MR) is 69.6 cm³/mol. The normalized spacial score (nSPS) is 28.3. The first-order valence-electron chi connectivity index (χ1n) is 6.36. The van der Waals surface area contributed by atoms with Gasteiger partial charge < -0.3 is 10.3 Å². The van der Waals surface area contributed by atoms with Gasteiger partial charge in [-0.2, -0.15) is 5.26 Å². The minimum Gasteiger partial charge on any atom is -0.384 e. The van der Waals surface area contributed by atoms with Gasteiger partial charge in [0, 0.05) is 11.7 Å². The van der Waals surface area contributed by atoms with Crippen LogP contribution >= 0.6 is 0 Å². The Kier molecular flexibility index (Phi) is 2.91. The highest BCUT2D eigenvalue weighted by atomic mass is 15.1. The summed E-state index contributed by atoms with van der Waals surface area (Å²) in [4.78, 5) is 0. The molecule has 0 aromatic carbocycles. The Morgan fingerprint density at radius 2 is 1.94 bits per heavy atom. The average Bonchev–Trinajstić information content (AvgIpc) is 2.71. The number of nitrogens with two attached hydrogens (primary N) is 1. The highest BCUT2D eigenvalue weighted by Crippen LogP contribution is 2.43. The van der Waals surface area contributed by atoms with Crippen LogP contribution in [0.5, 0.6) is 0 Å². The number of rotatable bonds is 1. The first-order valence-corrected chi connectivity index (χ1v) is 6.36. The fourth-order valence-corrected chi connectivity index (χ4v) is 3.13. The van der Waals surface area contributed by atoms with E-state index in [1.165, 1.54) is 12.8 Å². The van der Waals surface area contributed by atoms with Crippen LogP contribution in [0.1, 0.15) is 49.6 Å². The zero-order valence-corrected chi connectivity index (χ0v) is 11.1. The highest BCUT2D eigenvalue weighted by molar-refractivity contribution is 5.58. The molecule has 0 saturated heterocycles. The molecule has 0 radical (unpaired) electrons. The van der Waals surface area contributed by atoms with Crippen LogP contribution in [0.15, 0.2) is 0 Å². The smallest absolute Gasteiger partial charge is 0.122 e. The Hall–Kier alpha value is -1.43. The van der Waals surface area contributed by atoms with Crippen molar-refractivity contribution in [2.75, 3.05) is 5.73 Å². The van der Waals surface area contributed by atoms with Gasteiger partial charge in [-0.1, -0.05) is 13.8 Å². The van der Waals surface area contributed by atoms with E-state index in [0.29, 0.717) is 23.3 Å². The number of nitrogens with zero attached hydrogens (tertiary/aromatic N) is 2. The number of aromatic nitrogens is 1. The molecule has 0 bridgehead atoms. The summed E-state index contributed by atoms with van der Waals surface area (Å²) in [5, 5.41) is 9.15. The molecule has 3 atom stereocenters. The molecular weight excluding hydrogens is 210 g/mol. The van der Waals surface area contributed by atoms with E-state index in [4.69, 9.17) is 11.0 Å². The lowest BCUT2D eigenvalue weighted by atomic mass is 9.97. The van der Waals surface area contributed by atoms with Gasteiger partial charge in [0.1, 0.15) is 11.9 Å². The lowest BCUT2D eigenvalue weighted by Crippen LogP contribution is -2.17. The molecule has 3 nitrogen and oxygen atoms in total. The van der Waals surface area contributed by atoms with Gasteiger partial charge in [-0.25, -0.2) is 0 Å². The van der Waals surface area contributed by atoms with Gasteiger partial charge in [0.15, 0.2) is 0 Å². The molecule has 2 N–H and O–H groups in total. The monoisotopic (exact) mass is 231 g/mol. The molecule has 1 saturated carbocycles. The maximum atomic E-state index is 9.15. The molecule has 1 aliphatic carbocycles. The van der Waals surface area contributed by atoms with Crippen molar-refractivity contribution in [1.29, 1.82) is 5.26 Å². The van der Waals surface area contributed by atoms with E-state index in [0.717, 1.165) is 17.2 Å². The molecule has 0 spiro atoms. The summed E-state index contributed by atoms with van der Waals surface area (Å²) in [6.45, 7) is 8.66. The first kappa shape index (κ1) is 12.0. The third kappa shape index (κ3) is 1.63. The van der Waals surface area contributed by atoms with E-state index in [2.05, 4.69) is 31.4 Å². The van der Waals surface area contributed by atoms with Crippen LogP contribution in [0, 0.1) is 37.0 Å². The number of hydrogen-bond acceptors (Lipinski definition) is 2. The Morgan fingerprint density at radius 1 is 1.29 bits per heavy atom. The van der Waals surface area contributed by atoms with Crippen molar-refractivity contribution in [2.45, 2.75) is 46.6 Å². The van der Waals surface area contributed by atoms with Crippen molar-refractivity contribution in [3.63, 3.8) is 0 Å². The van der Waals surface area contributed by atoms with Gasteiger partial charge in [0.25, 0.3) is 0 Å². The average molecular weight is 231 g/mol. The van der Waals surface area contributed by atoms with Crippen LogP contribution in [-0.2, 0) is 0 Å². The molecule has 1 fully saturated rings. The zero-order valence-electron chi connectivity index (χ0n) is 11.1. The second-order valence-electron chi connectivity index (χ2n) is 5.43. The summed E-state index contributed by atoms with van der Waals surface area (Å²) in [5.74, 6) is 2.04. The molecule has 2 rings (SSSR count). The quantitative estimate of drug-likeness (QED) is 0.807. The van der Waals surface area contributed by atoms with Crippen LogP contribution in [0.4, 0.5) is 5.82 Å². The molecule has 1 aromatic heterocycles. The first-order chi connectivity index (χ1) is 7.99. The van der Waals surface area contributed by atoms with Crippen LogP contribution in [0.3, 0.4) is 0 Å². The van der Waals surface area contributed by atoms with Gasteiger partial charge in [-0.05, 0) is 44.1 Å². The van der Waals surface area contributed by atoms with Gasteiger partial charge in [-0.3, -0.25) is 0 Å². The van der Waals surface area contributed by atoms with E-state index in [1.807, 2.05) is 6.92 Å². The van der Waals surface area contributed by atoms with Crippen molar-refractivity contribution >= 4 is 5.82 Å². The largest absolute Gasteiger partial charge is 0.384 e. The summed E-state index contributed by atoms with van der Waals surface area (Å²) in [5.41, 5.74) is 9.00. The fourth-order valence-electron chi connectivity index (χ4n) is 3.13. The molecule has 1 aliphatic rings. The molecule has 3 heteroatoms. The van der Waals surface area contributed by atoms with Crippen molar-refractivity contribution < 1.29 is 0 Å². The van der Waals surface area contributed by atoms with E-state index in [1.54, 1.807) is 0 Å². The molecule has 1 heterocycles. The maximum Gasteiger partial charge on any atom is 0.122 e. The van der Waals surface area contributed by atoms with E-state index >= 15 is 0 Å². The number of nitriles is 1. The predicted octanol–water partition coefficient (Wildman–Crippen LogP) is 3.17. The van der Waals surface area contributed by atoms with Crippen LogP contribution < -0.4 is 5.73 Å². The van der Waals surface area contributed by atoms with Crippen molar-refractivity contribution in [2.24, 2.45) is 11.8 Å². The topological polar surface area (TPSA) is 54.7 Å². The summed E-state index contributed by atoms with van der Waals surface area (Å²) in [6, 6.07) is 2.69. The van der Waals surface area contributed by atoms with Crippen LogP contribution in [-0.4, -0.2) is 4.57 Å². The molecular formula is C14H21N3. The molecule has 1 aromatic rings. The molecule has 17 heavy (non-hydrogen) atoms. The summed E-state index contributed by atoms with van der Waals surface area (Å²) in [7, 11) is 0. The molecule has 3 unspecified atom stereocenters. The van der Waals surface area contributed by atoms with Crippen molar-refractivity contribution in [3.05, 3.63) is 16.8 Å². The third-order valence-corrected chi connectivity index (χ3v) is 4.66. The van der Waals surface area contributed by atoms with Gasteiger partial charge in [0.2, 0.25) is 0 Å². The van der Waals surface area contributed by atoms with Crippen LogP contribution in [0.2, 0.25) is 0 Å². The highest BCUT2D eigenvalue weighted by Gasteiger charge is 2.33. The fraction of sp³-hybridized carbons (Fsp3) is 0.643. The third-order valence-electron chi connectivity index (χ3n) is 4.66.